The molecule has 10 heteroatoms. The van der Waals surface area contributed by atoms with Crippen molar-refractivity contribution in [1.82, 2.24) is 15.1 Å². The number of carbonyl (C=O) groups is 1. The Balaban J connectivity index is 1.64. The largest absolute Gasteiger partial charge is 0.418 e. The van der Waals surface area contributed by atoms with Gasteiger partial charge in [0, 0.05) is 13.1 Å². The average Bonchev–Trinajstić information content (AvgIpc) is 2.91. The van der Waals surface area contributed by atoms with E-state index < -0.39 is 11.7 Å². The smallest absolute Gasteiger partial charge is 0.342 e. The average molecular weight is 431 g/mol. The third-order valence-electron chi connectivity index (χ3n) is 4.42. The number of hydrogen-bond acceptors (Lipinski definition) is 6. The summed E-state index contributed by atoms with van der Waals surface area (Å²) in [6, 6.07) is 5.23. The number of likely N-dealkylation sites (tertiary alicyclic amines) is 1. The summed E-state index contributed by atoms with van der Waals surface area (Å²) < 4.78 is 39.9. The maximum absolute atomic E-state index is 13.1. The predicted octanol–water partition coefficient (Wildman–Crippen LogP) is 5.18. The molecule has 1 aliphatic heterocycles. The van der Waals surface area contributed by atoms with Crippen LogP contribution in [0, 0.1) is 0 Å². The molecule has 1 aromatic heterocycles. The minimum Gasteiger partial charge on any atom is -0.342 e. The Morgan fingerprint density at radius 1 is 1.18 bits per heavy atom. The Morgan fingerprint density at radius 2 is 1.86 bits per heavy atom. The summed E-state index contributed by atoms with van der Waals surface area (Å²) in [5, 5.41) is 10.6. The van der Waals surface area contributed by atoms with E-state index in [1.54, 1.807) is 0 Å². The van der Waals surface area contributed by atoms with E-state index in [1.165, 1.54) is 30.0 Å². The van der Waals surface area contributed by atoms with Gasteiger partial charge in [-0.3, -0.25) is 4.79 Å². The Hall–Kier alpha value is -1.81. The molecule has 1 unspecified atom stereocenters. The van der Waals surface area contributed by atoms with Crippen molar-refractivity contribution < 1.29 is 18.0 Å². The van der Waals surface area contributed by atoms with Gasteiger partial charge in [-0.1, -0.05) is 48.1 Å². The van der Waals surface area contributed by atoms with Gasteiger partial charge >= 0.3 is 6.18 Å². The second kappa shape index (κ2) is 9.13. The molecule has 5 nitrogen and oxygen atoms in total. The number of nitrogens with one attached hydrogen (secondary N) is 1. The number of benzene rings is 1. The molecular formula is C18H21F3N4OS2. The number of alkyl halides is 3. The number of nitrogens with zero attached hydrogens (tertiary/aromatic N) is 3. The summed E-state index contributed by atoms with van der Waals surface area (Å²) in [4.78, 5) is 14.5. The standard InChI is InChI=1S/C18H21F3N4OS2/c1-12(15(26)25-10-6-2-3-7-11-25)27-17-24-23-16(28-17)22-14-9-5-4-8-13(14)18(19,20)21/h4-5,8-9,12H,2-3,6-7,10-11H2,1H3,(H,22,23). The minimum atomic E-state index is -4.46. The van der Waals surface area contributed by atoms with Crippen LogP contribution in [-0.4, -0.2) is 39.3 Å². The zero-order valence-electron chi connectivity index (χ0n) is 15.3. The number of rotatable bonds is 5. The van der Waals surface area contributed by atoms with Gasteiger partial charge in [-0.2, -0.15) is 13.2 Å². The molecule has 1 amide bonds. The van der Waals surface area contributed by atoms with E-state index >= 15 is 0 Å². The lowest BCUT2D eigenvalue weighted by Gasteiger charge is -2.23. The molecule has 2 aromatic rings. The maximum atomic E-state index is 13.1. The normalized spacial score (nSPS) is 16.5. The summed E-state index contributed by atoms with van der Waals surface area (Å²) in [5.41, 5.74) is -0.833. The summed E-state index contributed by atoms with van der Waals surface area (Å²) in [6.45, 7) is 3.38. The van der Waals surface area contributed by atoms with Crippen LogP contribution in [0.3, 0.4) is 0 Å². The topological polar surface area (TPSA) is 58.1 Å². The summed E-state index contributed by atoms with van der Waals surface area (Å²) in [5.74, 6) is 0.0685. The lowest BCUT2D eigenvalue weighted by Crippen LogP contribution is -2.37. The van der Waals surface area contributed by atoms with Crippen LogP contribution >= 0.6 is 23.1 Å². The van der Waals surface area contributed by atoms with E-state index in [0.717, 1.165) is 56.2 Å². The summed E-state index contributed by atoms with van der Waals surface area (Å²) in [7, 11) is 0. The molecule has 0 spiro atoms. The Morgan fingerprint density at radius 3 is 2.54 bits per heavy atom. The van der Waals surface area contributed by atoms with E-state index in [0.29, 0.717) is 4.34 Å². The lowest BCUT2D eigenvalue weighted by molar-refractivity contribution is -0.137. The minimum absolute atomic E-state index is 0.0685. The third-order valence-corrected chi connectivity index (χ3v) is 6.43. The quantitative estimate of drug-likeness (QED) is 0.662. The van der Waals surface area contributed by atoms with Crippen LogP contribution in [0.1, 0.15) is 38.2 Å². The van der Waals surface area contributed by atoms with Crippen molar-refractivity contribution in [1.29, 1.82) is 0 Å². The van der Waals surface area contributed by atoms with Crippen molar-refractivity contribution in [3.63, 3.8) is 0 Å². The highest BCUT2D eigenvalue weighted by molar-refractivity contribution is 8.02. The molecule has 152 valence electrons. The van der Waals surface area contributed by atoms with Crippen molar-refractivity contribution in [3.8, 4) is 0 Å². The van der Waals surface area contributed by atoms with E-state index in [1.807, 2.05) is 11.8 Å². The maximum Gasteiger partial charge on any atom is 0.418 e. The summed E-state index contributed by atoms with van der Waals surface area (Å²) >= 11 is 2.42. The van der Waals surface area contributed by atoms with E-state index in [4.69, 9.17) is 0 Å². The summed E-state index contributed by atoms with van der Waals surface area (Å²) in [6.07, 6.45) is -0.116. The van der Waals surface area contributed by atoms with Gasteiger partial charge in [-0.05, 0) is 31.9 Å². The number of amides is 1. The van der Waals surface area contributed by atoms with Gasteiger partial charge in [0.2, 0.25) is 11.0 Å². The molecule has 0 radical (unpaired) electrons. The van der Waals surface area contributed by atoms with Gasteiger partial charge in [0.1, 0.15) is 0 Å². The predicted molar refractivity (Wildman–Crippen MR) is 105 cm³/mol. The fourth-order valence-electron chi connectivity index (χ4n) is 3.01. The number of aromatic nitrogens is 2. The first kappa shape index (κ1) is 20.9. The van der Waals surface area contributed by atoms with Crippen molar-refractivity contribution >= 4 is 39.8 Å². The van der Waals surface area contributed by atoms with Crippen molar-refractivity contribution in [2.45, 2.75) is 48.4 Å². The molecule has 2 heterocycles. The highest BCUT2D eigenvalue weighted by Gasteiger charge is 2.33. The molecule has 1 atom stereocenters. The first-order valence-electron chi connectivity index (χ1n) is 9.07. The second-order valence-corrected chi connectivity index (χ2v) is 9.11. The van der Waals surface area contributed by atoms with Crippen LogP contribution in [0.4, 0.5) is 24.0 Å². The highest BCUT2D eigenvalue weighted by atomic mass is 32.2. The Kier molecular flexibility index (Phi) is 6.82. The number of carbonyl (C=O) groups excluding carboxylic acids is 1. The van der Waals surface area contributed by atoms with Crippen molar-refractivity contribution in [2.75, 3.05) is 18.4 Å². The van der Waals surface area contributed by atoms with Crippen LogP contribution in [0.2, 0.25) is 0 Å². The van der Waals surface area contributed by atoms with E-state index in [2.05, 4.69) is 15.5 Å². The molecule has 28 heavy (non-hydrogen) atoms. The fraction of sp³-hybridized carbons (Fsp3) is 0.500. The molecule has 0 saturated carbocycles. The highest BCUT2D eigenvalue weighted by Crippen LogP contribution is 2.37. The van der Waals surface area contributed by atoms with Gasteiger partial charge in [0.15, 0.2) is 4.34 Å². The first-order chi connectivity index (χ1) is 13.3. The van der Waals surface area contributed by atoms with Crippen molar-refractivity contribution in [3.05, 3.63) is 29.8 Å². The molecule has 0 aliphatic carbocycles. The zero-order valence-corrected chi connectivity index (χ0v) is 17.0. The van der Waals surface area contributed by atoms with Crippen LogP contribution in [0.25, 0.3) is 0 Å². The molecule has 1 aliphatic rings. The van der Waals surface area contributed by atoms with Gasteiger partial charge in [0.25, 0.3) is 0 Å². The van der Waals surface area contributed by atoms with Crippen LogP contribution < -0.4 is 5.32 Å². The number of thioether (sulfide) groups is 1. The molecule has 1 saturated heterocycles. The SMILES string of the molecule is CC(Sc1nnc(Nc2ccccc2C(F)(F)F)s1)C(=O)N1CCCCCC1. The van der Waals surface area contributed by atoms with E-state index in [9.17, 15) is 18.0 Å². The van der Waals surface area contributed by atoms with Crippen molar-refractivity contribution in [2.24, 2.45) is 0 Å². The van der Waals surface area contributed by atoms with Gasteiger partial charge in [-0.15, -0.1) is 10.2 Å². The monoisotopic (exact) mass is 430 g/mol. The molecule has 3 rings (SSSR count). The number of halogens is 3. The van der Waals surface area contributed by atoms with Gasteiger partial charge < -0.3 is 10.2 Å². The molecular weight excluding hydrogens is 409 g/mol. The Labute approximate surface area is 169 Å². The lowest BCUT2D eigenvalue weighted by atomic mass is 10.2. The van der Waals surface area contributed by atoms with E-state index in [-0.39, 0.29) is 22.0 Å². The molecule has 0 bridgehead atoms. The second-order valence-electron chi connectivity index (χ2n) is 6.54. The van der Waals surface area contributed by atoms with Crippen LogP contribution in [0.5, 0.6) is 0 Å². The number of anilines is 2. The third kappa shape index (κ3) is 5.38. The Bertz CT molecular complexity index is 804. The van der Waals surface area contributed by atoms with Crippen LogP contribution in [0.15, 0.2) is 28.6 Å². The first-order valence-corrected chi connectivity index (χ1v) is 10.8. The molecule has 1 aromatic carbocycles. The number of para-hydroxylation sites is 1. The van der Waals surface area contributed by atoms with Crippen LogP contribution in [-0.2, 0) is 11.0 Å². The van der Waals surface area contributed by atoms with Gasteiger partial charge in [-0.25, -0.2) is 0 Å². The molecule has 1 N–H and O–H groups in total. The number of hydrogen-bond donors (Lipinski definition) is 1. The fourth-order valence-corrected chi connectivity index (χ4v) is 5.00. The molecule has 1 fully saturated rings. The zero-order chi connectivity index (χ0) is 20.1. The van der Waals surface area contributed by atoms with Gasteiger partial charge in [0.05, 0.1) is 16.5 Å².